The Hall–Kier alpha value is -1.29. The van der Waals surface area contributed by atoms with E-state index in [0.717, 1.165) is 16.9 Å². The molecular weight excluding hydrogens is 212 g/mol. The second-order valence-electron chi connectivity index (χ2n) is 2.80. The van der Waals surface area contributed by atoms with Gasteiger partial charge in [0.15, 0.2) is 6.29 Å². The first kappa shape index (κ1) is 11.8. The van der Waals surface area contributed by atoms with E-state index in [2.05, 4.69) is 4.74 Å². The van der Waals surface area contributed by atoms with Gasteiger partial charge in [-0.1, -0.05) is 6.92 Å². The number of benzene rings is 1. The van der Waals surface area contributed by atoms with Crippen LogP contribution < -0.4 is 0 Å². The zero-order valence-electron chi connectivity index (χ0n) is 8.65. The maximum Gasteiger partial charge on any atom is 0.337 e. The minimum Gasteiger partial charge on any atom is -0.465 e. The fourth-order valence-corrected chi connectivity index (χ4v) is 1.96. The summed E-state index contributed by atoms with van der Waals surface area (Å²) < 4.78 is 4.61. The molecule has 4 heteroatoms. The standard InChI is InChI=1S/C11H12O3S/c1-3-15-10-6-8(11(13)14-2)4-5-9(10)7-12/h4-7H,3H2,1-2H3. The van der Waals surface area contributed by atoms with Gasteiger partial charge in [-0.2, -0.15) is 0 Å². The molecule has 0 heterocycles. The molecular formula is C11H12O3S. The van der Waals surface area contributed by atoms with Gasteiger partial charge in [-0.05, 0) is 24.0 Å². The van der Waals surface area contributed by atoms with Crippen molar-refractivity contribution in [3.8, 4) is 0 Å². The van der Waals surface area contributed by atoms with Crippen molar-refractivity contribution in [2.45, 2.75) is 11.8 Å². The Morgan fingerprint density at radius 1 is 1.53 bits per heavy atom. The Morgan fingerprint density at radius 2 is 2.27 bits per heavy atom. The molecule has 0 unspecified atom stereocenters. The highest BCUT2D eigenvalue weighted by molar-refractivity contribution is 7.99. The average Bonchev–Trinajstić information content (AvgIpc) is 2.28. The maximum atomic E-state index is 11.2. The number of carbonyl (C=O) groups is 2. The second-order valence-corrected chi connectivity index (χ2v) is 4.10. The molecule has 0 saturated carbocycles. The number of hydrogen-bond acceptors (Lipinski definition) is 4. The summed E-state index contributed by atoms with van der Waals surface area (Å²) in [6.07, 6.45) is 0.791. The largest absolute Gasteiger partial charge is 0.465 e. The van der Waals surface area contributed by atoms with E-state index in [-0.39, 0.29) is 5.97 Å². The zero-order valence-corrected chi connectivity index (χ0v) is 9.47. The maximum absolute atomic E-state index is 11.2. The molecule has 3 nitrogen and oxygen atoms in total. The summed E-state index contributed by atoms with van der Waals surface area (Å²) in [6.45, 7) is 1.99. The quantitative estimate of drug-likeness (QED) is 0.447. The van der Waals surface area contributed by atoms with Crippen LogP contribution in [0.2, 0.25) is 0 Å². The molecule has 0 fully saturated rings. The topological polar surface area (TPSA) is 43.4 Å². The third-order valence-electron chi connectivity index (χ3n) is 1.86. The Kier molecular flexibility index (Phi) is 4.37. The van der Waals surface area contributed by atoms with Gasteiger partial charge in [-0.3, -0.25) is 4.79 Å². The normalized spacial score (nSPS) is 9.73. The highest BCUT2D eigenvalue weighted by atomic mass is 32.2. The van der Waals surface area contributed by atoms with Crippen molar-refractivity contribution in [2.75, 3.05) is 12.9 Å². The Labute approximate surface area is 92.8 Å². The van der Waals surface area contributed by atoms with E-state index < -0.39 is 0 Å². The molecule has 1 aromatic rings. The van der Waals surface area contributed by atoms with Crippen molar-refractivity contribution in [1.29, 1.82) is 0 Å². The summed E-state index contributed by atoms with van der Waals surface area (Å²) in [6, 6.07) is 4.91. The number of rotatable bonds is 4. The summed E-state index contributed by atoms with van der Waals surface area (Å²) in [5.41, 5.74) is 1.08. The second kappa shape index (κ2) is 5.56. The molecule has 0 atom stereocenters. The molecule has 0 aliphatic carbocycles. The third kappa shape index (κ3) is 2.83. The van der Waals surface area contributed by atoms with Crippen molar-refractivity contribution >= 4 is 24.0 Å². The first-order valence-electron chi connectivity index (χ1n) is 4.53. The molecule has 0 aliphatic heterocycles. The lowest BCUT2D eigenvalue weighted by atomic mass is 10.1. The molecule has 0 aromatic heterocycles. The van der Waals surface area contributed by atoms with Crippen LogP contribution in [0.25, 0.3) is 0 Å². The number of methoxy groups -OCH3 is 1. The van der Waals surface area contributed by atoms with Gasteiger partial charge in [0.25, 0.3) is 0 Å². The number of ether oxygens (including phenoxy) is 1. The lowest BCUT2D eigenvalue weighted by molar-refractivity contribution is 0.0600. The van der Waals surface area contributed by atoms with E-state index >= 15 is 0 Å². The summed E-state index contributed by atoms with van der Waals surface area (Å²) in [4.78, 5) is 22.8. The highest BCUT2D eigenvalue weighted by Gasteiger charge is 2.09. The van der Waals surface area contributed by atoms with Crippen molar-refractivity contribution < 1.29 is 14.3 Å². The van der Waals surface area contributed by atoms with Gasteiger partial charge in [0, 0.05) is 10.5 Å². The number of carbonyl (C=O) groups excluding carboxylic acids is 2. The first-order valence-corrected chi connectivity index (χ1v) is 5.51. The molecule has 0 N–H and O–H groups in total. The van der Waals surface area contributed by atoms with Gasteiger partial charge < -0.3 is 4.74 Å². The van der Waals surface area contributed by atoms with Crippen molar-refractivity contribution in [1.82, 2.24) is 0 Å². The fraction of sp³-hybridized carbons (Fsp3) is 0.273. The van der Waals surface area contributed by atoms with Crippen LogP contribution in [-0.2, 0) is 4.74 Å². The van der Waals surface area contributed by atoms with E-state index in [9.17, 15) is 9.59 Å². The van der Waals surface area contributed by atoms with E-state index in [1.807, 2.05) is 6.92 Å². The number of hydrogen-bond donors (Lipinski definition) is 0. The summed E-state index contributed by atoms with van der Waals surface area (Å²) in [7, 11) is 1.34. The SMILES string of the molecule is CCSc1cc(C(=O)OC)ccc1C=O. The minimum absolute atomic E-state index is 0.384. The molecule has 80 valence electrons. The van der Waals surface area contributed by atoms with Gasteiger partial charge in [0.2, 0.25) is 0 Å². The smallest absolute Gasteiger partial charge is 0.337 e. The molecule has 0 spiro atoms. The number of esters is 1. The predicted octanol–water partition coefficient (Wildman–Crippen LogP) is 2.40. The van der Waals surface area contributed by atoms with Gasteiger partial charge in [-0.25, -0.2) is 4.79 Å². The average molecular weight is 224 g/mol. The lowest BCUT2D eigenvalue weighted by Crippen LogP contribution is -2.02. The molecule has 1 rings (SSSR count). The molecule has 0 aliphatic rings. The molecule has 15 heavy (non-hydrogen) atoms. The fourth-order valence-electron chi connectivity index (χ4n) is 1.16. The van der Waals surface area contributed by atoms with Crippen LogP contribution in [0.4, 0.5) is 0 Å². The monoisotopic (exact) mass is 224 g/mol. The number of thioether (sulfide) groups is 1. The molecule has 1 aromatic carbocycles. The van der Waals surface area contributed by atoms with E-state index in [4.69, 9.17) is 0 Å². The third-order valence-corrected chi connectivity index (χ3v) is 2.81. The first-order chi connectivity index (χ1) is 7.22. The van der Waals surface area contributed by atoms with Crippen molar-refractivity contribution in [3.63, 3.8) is 0 Å². The summed E-state index contributed by atoms with van der Waals surface area (Å²) >= 11 is 1.53. The van der Waals surface area contributed by atoms with Crippen LogP contribution in [0.1, 0.15) is 27.6 Å². The Balaban J connectivity index is 3.09. The lowest BCUT2D eigenvalue weighted by Gasteiger charge is -2.05. The van der Waals surface area contributed by atoms with Crippen LogP contribution in [0.15, 0.2) is 23.1 Å². The summed E-state index contributed by atoms with van der Waals surface area (Å²) in [5.74, 6) is 0.469. The van der Waals surface area contributed by atoms with Gasteiger partial charge in [-0.15, -0.1) is 11.8 Å². The van der Waals surface area contributed by atoms with Crippen molar-refractivity contribution in [2.24, 2.45) is 0 Å². The predicted molar refractivity (Wildman–Crippen MR) is 59.6 cm³/mol. The Bertz CT molecular complexity index is 374. The summed E-state index contributed by atoms with van der Waals surface area (Å²) in [5, 5.41) is 0. The van der Waals surface area contributed by atoms with Crippen LogP contribution in [0, 0.1) is 0 Å². The van der Waals surface area contributed by atoms with Gasteiger partial charge in [0.05, 0.1) is 12.7 Å². The van der Waals surface area contributed by atoms with Crippen LogP contribution in [-0.4, -0.2) is 25.1 Å². The molecule has 0 bridgehead atoms. The van der Waals surface area contributed by atoms with Crippen LogP contribution in [0.3, 0.4) is 0 Å². The Morgan fingerprint density at radius 3 is 2.80 bits per heavy atom. The minimum atomic E-state index is -0.384. The molecule has 0 saturated heterocycles. The molecule has 0 amide bonds. The van der Waals surface area contributed by atoms with Crippen LogP contribution >= 0.6 is 11.8 Å². The van der Waals surface area contributed by atoms with Crippen molar-refractivity contribution in [3.05, 3.63) is 29.3 Å². The van der Waals surface area contributed by atoms with E-state index in [1.54, 1.807) is 18.2 Å². The highest BCUT2D eigenvalue weighted by Crippen LogP contribution is 2.23. The van der Waals surface area contributed by atoms with E-state index in [1.165, 1.54) is 18.9 Å². The molecule has 0 radical (unpaired) electrons. The zero-order chi connectivity index (χ0) is 11.3. The van der Waals surface area contributed by atoms with Gasteiger partial charge >= 0.3 is 5.97 Å². The van der Waals surface area contributed by atoms with Gasteiger partial charge in [0.1, 0.15) is 0 Å². The number of aldehydes is 1. The van der Waals surface area contributed by atoms with E-state index in [0.29, 0.717) is 11.1 Å². The van der Waals surface area contributed by atoms with Crippen LogP contribution in [0.5, 0.6) is 0 Å².